The first-order valence-corrected chi connectivity index (χ1v) is 17.0. The predicted molar refractivity (Wildman–Crippen MR) is 207 cm³/mol. The Kier molecular flexibility index (Phi) is 5.84. The van der Waals surface area contributed by atoms with Crippen LogP contribution in [-0.2, 0) is 5.41 Å². The summed E-state index contributed by atoms with van der Waals surface area (Å²) < 4.78 is 11.2. The Morgan fingerprint density at radius 2 is 1.08 bits per heavy atom. The molecule has 0 spiro atoms. The van der Waals surface area contributed by atoms with Crippen LogP contribution in [0, 0.1) is 0 Å². The van der Waals surface area contributed by atoms with E-state index in [2.05, 4.69) is 175 Å². The Labute approximate surface area is 284 Å². The zero-order valence-corrected chi connectivity index (χ0v) is 27.7. The molecule has 0 aliphatic carbocycles. The van der Waals surface area contributed by atoms with Crippen LogP contribution in [0.3, 0.4) is 0 Å². The summed E-state index contributed by atoms with van der Waals surface area (Å²) in [5, 5.41) is 7.21. The molecule has 3 heteroatoms. The molecule has 0 N–H and O–H groups in total. The monoisotopic (exact) mass is 630 g/mol. The molecule has 0 radical (unpaired) electrons. The highest BCUT2D eigenvalue weighted by molar-refractivity contribution is 6.24. The number of aromatic nitrogens is 2. The quantitative estimate of drug-likeness (QED) is 0.190. The largest absolute Gasteiger partial charge is 0.456 e. The van der Waals surface area contributed by atoms with Crippen molar-refractivity contribution >= 4 is 65.6 Å². The van der Waals surface area contributed by atoms with Gasteiger partial charge in [0.15, 0.2) is 0 Å². The molecule has 49 heavy (non-hydrogen) atoms. The zero-order chi connectivity index (χ0) is 32.9. The van der Waals surface area contributed by atoms with Crippen LogP contribution < -0.4 is 0 Å². The molecule has 0 saturated carbocycles. The number of nitrogens with zero attached hydrogens (tertiary/aromatic N) is 2. The third-order valence-electron chi connectivity index (χ3n) is 10.3. The minimum Gasteiger partial charge on any atom is -0.456 e. The topological polar surface area (TPSA) is 23.0 Å². The zero-order valence-electron chi connectivity index (χ0n) is 27.7. The van der Waals surface area contributed by atoms with Crippen LogP contribution in [0.1, 0.15) is 26.3 Å². The highest BCUT2D eigenvalue weighted by atomic mass is 16.3. The summed E-state index contributed by atoms with van der Waals surface area (Å²) in [6.07, 6.45) is 0. The van der Waals surface area contributed by atoms with Crippen molar-refractivity contribution < 1.29 is 4.42 Å². The van der Waals surface area contributed by atoms with Crippen LogP contribution >= 0.6 is 0 Å². The van der Waals surface area contributed by atoms with Crippen molar-refractivity contribution in [3.63, 3.8) is 0 Å². The highest BCUT2D eigenvalue weighted by Crippen LogP contribution is 2.42. The maximum atomic E-state index is 6.37. The predicted octanol–water partition coefficient (Wildman–Crippen LogP) is 12.7. The first kappa shape index (κ1) is 28.0. The van der Waals surface area contributed by atoms with Crippen molar-refractivity contribution in [2.75, 3.05) is 0 Å². The number of furan rings is 1. The van der Waals surface area contributed by atoms with Gasteiger partial charge in [-0.3, -0.25) is 0 Å². The van der Waals surface area contributed by atoms with Gasteiger partial charge in [-0.1, -0.05) is 112 Å². The van der Waals surface area contributed by atoms with Gasteiger partial charge in [-0.15, -0.1) is 0 Å². The van der Waals surface area contributed by atoms with E-state index < -0.39 is 0 Å². The van der Waals surface area contributed by atoms with Crippen molar-refractivity contribution in [2.24, 2.45) is 0 Å². The van der Waals surface area contributed by atoms with Gasteiger partial charge in [-0.25, -0.2) is 0 Å². The molecule has 3 heterocycles. The average molecular weight is 631 g/mol. The molecule has 10 rings (SSSR count). The van der Waals surface area contributed by atoms with E-state index in [4.69, 9.17) is 4.42 Å². The molecule has 0 aliphatic heterocycles. The second-order valence-electron chi connectivity index (χ2n) is 14.2. The molecule has 0 saturated heterocycles. The average Bonchev–Trinajstić information content (AvgIpc) is 3.79. The smallest absolute Gasteiger partial charge is 0.137 e. The van der Waals surface area contributed by atoms with Crippen LogP contribution in [0.15, 0.2) is 156 Å². The summed E-state index contributed by atoms with van der Waals surface area (Å²) in [5.41, 5.74) is 12.7. The normalized spacial score (nSPS) is 12.4. The molecule has 234 valence electrons. The molecule has 0 bridgehead atoms. The highest BCUT2D eigenvalue weighted by Gasteiger charge is 2.20. The molecule has 0 fully saturated rings. The van der Waals surface area contributed by atoms with E-state index in [1.807, 2.05) is 6.07 Å². The lowest BCUT2D eigenvalue weighted by Crippen LogP contribution is -2.10. The van der Waals surface area contributed by atoms with Gasteiger partial charge in [0.1, 0.15) is 11.2 Å². The summed E-state index contributed by atoms with van der Waals surface area (Å²) in [4.78, 5) is 0. The minimum absolute atomic E-state index is 0.125. The third kappa shape index (κ3) is 4.15. The van der Waals surface area contributed by atoms with E-state index in [0.29, 0.717) is 0 Å². The first-order chi connectivity index (χ1) is 23.9. The Balaban J connectivity index is 1.21. The second kappa shape index (κ2) is 10.2. The Bertz CT molecular complexity index is 2910. The van der Waals surface area contributed by atoms with E-state index in [0.717, 1.165) is 33.3 Å². The Morgan fingerprint density at radius 3 is 1.86 bits per heavy atom. The molecular weight excluding hydrogens is 597 g/mol. The van der Waals surface area contributed by atoms with E-state index >= 15 is 0 Å². The van der Waals surface area contributed by atoms with Gasteiger partial charge in [0, 0.05) is 38.3 Å². The first-order valence-electron chi connectivity index (χ1n) is 17.0. The van der Waals surface area contributed by atoms with Gasteiger partial charge in [-0.05, 0) is 82.8 Å². The molecule has 0 aliphatic rings. The SMILES string of the molecule is CC(C)(C)c1ccc(-c2cccc(-n3c4ccccc4c4cc(-n5c6ccccc6c6ccc7oc8ccccc8c7c65)ccc43)c2)cc1. The molecule has 3 nitrogen and oxygen atoms in total. The molecule has 0 amide bonds. The van der Waals surface area contributed by atoms with Gasteiger partial charge in [0.25, 0.3) is 0 Å². The third-order valence-corrected chi connectivity index (χ3v) is 10.3. The van der Waals surface area contributed by atoms with E-state index in [-0.39, 0.29) is 5.41 Å². The van der Waals surface area contributed by atoms with Gasteiger partial charge < -0.3 is 13.6 Å². The summed E-state index contributed by atoms with van der Waals surface area (Å²) in [6.45, 7) is 6.78. The van der Waals surface area contributed by atoms with Crippen LogP contribution in [0.4, 0.5) is 0 Å². The fraction of sp³-hybridized carbons (Fsp3) is 0.0870. The van der Waals surface area contributed by atoms with Crippen LogP contribution in [-0.4, -0.2) is 9.13 Å². The van der Waals surface area contributed by atoms with E-state index in [1.54, 1.807) is 0 Å². The molecule has 0 unspecified atom stereocenters. The van der Waals surface area contributed by atoms with Gasteiger partial charge in [0.05, 0.1) is 27.5 Å². The fourth-order valence-electron chi connectivity index (χ4n) is 7.90. The van der Waals surface area contributed by atoms with Crippen molar-refractivity contribution in [1.29, 1.82) is 0 Å². The Hall–Kier alpha value is -6.06. The second-order valence-corrected chi connectivity index (χ2v) is 14.2. The lowest BCUT2D eigenvalue weighted by Gasteiger charge is -2.19. The Morgan fingerprint density at radius 1 is 0.429 bits per heavy atom. The fourth-order valence-corrected chi connectivity index (χ4v) is 7.90. The minimum atomic E-state index is 0.125. The number of hydrogen-bond donors (Lipinski definition) is 0. The maximum absolute atomic E-state index is 6.37. The molecule has 7 aromatic carbocycles. The van der Waals surface area contributed by atoms with Crippen LogP contribution in [0.25, 0.3) is 88.1 Å². The lowest BCUT2D eigenvalue weighted by molar-refractivity contribution is 0.590. The van der Waals surface area contributed by atoms with Crippen molar-refractivity contribution in [3.05, 3.63) is 157 Å². The van der Waals surface area contributed by atoms with Crippen molar-refractivity contribution in [3.8, 4) is 22.5 Å². The lowest BCUT2D eigenvalue weighted by atomic mass is 9.86. The summed E-state index contributed by atoms with van der Waals surface area (Å²) >= 11 is 0. The molecule has 10 aromatic rings. The summed E-state index contributed by atoms with van der Waals surface area (Å²) in [6, 6.07) is 55.1. The van der Waals surface area contributed by atoms with E-state index in [1.165, 1.54) is 60.3 Å². The number of fused-ring (bicyclic) bond motifs is 10. The van der Waals surface area contributed by atoms with E-state index in [9.17, 15) is 0 Å². The summed E-state index contributed by atoms with van der Waals surface area (Å²) in [5.74, 6) is 0. The van der Waals surface area contributed by atoms with Crippen molar-refractivity contribution in [1.82, 2.24) is 9.13 Å². The molecule has 0 atom stereocenters. The summed E-state index contributed by atoms with van der Waals surface area (Å²) in [7, 11) is 0. The van der Waals surface area contributed by atoms with Crippen LogP contribution in [0.2, 0.25) is 0 Å². The number of para-hydroxylation sites is 3. The van der Waals surface area contributed by atoms with Gasteiger partial charge >= 0.3 is 0 Å². The number of hydrogen-bond acceptors (Lipinski definition) is 1. The molecular formula is C46H34N2O. The number of benzene rings is 7. The van der Waals surface area contributed by atoms with Crippen molar-refractivity contribution in [2.45, 2.75) is 26.2 Å². The molecule has 3 aromatic heterocycles. The maximum Gasteiger partial charge on any atom is 0.137 e. The standard InChI is InChI=1S/C46H34N2O/c1-46(2,3)31-21-19-29(20-22-31)30-11-10-12-32(27-30)47-39-16-7-5-14-35(39)38-28-33(23-25-41(38)47)48-40-17-8-4-13-34(40)36-24-26-43-44(45(36)48)37-15-6-9-18-42(37)49-43/h4-28H,1-3H3. The number of rotatable bonds is 3. The van der Waals surface area contributed by atoms with Gasteiger partial charge in [0.2, 0.25) is 0 Å². The van der Waals surface area contributed by atoms with Crippen LogP contribution in [0.5, 0.6) is 0 Å². The van der Waals surface area contributed by atoms with Gasteiger partial charge in [-0.2, -0.15) is 0 Å².